The third kappa shape index (κ3) is 2.27. The zero-order valence-corrected chi connectivity index (χ0v) is 11.8. The van der Waals surface area contributed by atoms with Crippen molar-refractivity contribution in [3.8, 4) is 5.75 Å². The van der Waals surface area contributed by atoms with Crippen molar-refractivity contribution in [2.75, 3.05) is 0 Å². The predicted octanol–water partition coefficient (Wildman–Crippen LogP) is 3.37. The minimum absolute atomic E-state index is 0.283. The fraction of sp³-hybridized carbons (Fsp3) is 0.235. The molecular weight excluding hydrogens is 248 g/mol. The number of aryl methyl sites for hydroxylation is 4. The number of aromatic hydroxyl groups is 1. The van der Waals surface area contributed by atoms with Gasteiger partial charge in [-0.15, -0.1) is 0 Å². The smallest absolute Gasteiger partial charge is 0.117 e. The summed E-state index contributed by atoms with van der Waals surface area (Å²) >= 11 is 0. The summed E-state index contributed by atoms with van der Waals surface area (Å²) in [5.74, 6) is 1.33. The second-order valence-corrected chi connectivity index (χ2v) is 5.19. The molecule has 0 aliphatic rings. The van der Waals surface area contributed by atoms with E-state index in [-0.39, 0.29) is 5.75 Å². The maximum absolute atomic E-state index is 9.57. The first-order chi connectivity index (χ1) is 9.65. The highest BCUT2D eigenvalue weighted by atomic mass is 16.3. The van der Waals surface area contributed by atoms with Crippen LogP contribution in [0, 0.1) is 6.92 Å². The quantitative estimate of drug-likeness (QED) is 0.789. The van der Waals surface area contributed by atoms with Gasteiger partial charge in [0.15, 0.2) is 0 Å². The van der Waals surface area contributed by atoms with Crippen LogP contribution < -0.4 is 0 Å². The number of fused-ring (bicyclic) bond motifs is 1. The third-order valence-corrected chi connectivity index (χ3v) is 3.84. The molecule has 3 heteroatoms. The largest absolute Gasteiger partial charge is 0.508 e. The van der Waals surface area contributed by atoms with E-state index < -0.39 is 0 Å². The molecule has 0 unspecified atom stereocenters. The molecule has 0 aliphatic carbocycles. The molecule has 0 bridgehead atoms. The minimum atomic E-state index is 0.283. The molecule has 0 saturated carbocycles. The number of imidazole rings is 1. The van der Waals surface area contributed by atoms with Gasteiger partial charge in [-0.05, 0) is 36.6 Å². The zero-order valence-electron chi connectivity index (χ0n) is 11.8. The van der Waals surface area contributed by atoms with Crippen molar-refractivity contribution in [3.63, 3.8) is 0 Å². The molecule has 3 aromatic rings. The molecular formula is C17H18N2O. The molecule has 3 nitrogen and oxygen atoms in total. The lowest BCUT2D eigenvalue weighted by molar-refractivity contribution is 0.476. The molecule has 0 atom stereocenters. The number of benzene rings is 2. The highest BCUT2D eigenvalue weighted by Crippen LogP contribution is 2.21. The van der Waals surface area contributed by atoms with Crippen LogP contribution in [0.15, 0.2) is 42.5 Å². The molecule has 0 amide bonds. The SMILES string of the molecule is Cc1ccccc1CCc1nc2ccc(O)cc2n1C. The van der Waals surface area contributed by atoms with E-state index in [1.807, 2.05) is 13.1 Å². The van der Waals surface area contributed by atoms with Crippen LogP contribution in [-0.4, -0.2) is 14.7 Å². The van der Waals surface area contributed by atoms with Crippen LogP contribution in [0.1, 0.15) is 17.0 Å². The third-order valence-electron chi connectivity index (χ3n) is 3.84. The van der Waals surface area contributed by atoms with E-state index in [0.717, 1.165) is 29.7 Å². The summed E-state index contributed by atoms with van der Waals surface area (Å²) in [4.78, 5) is 4.65. The maximum Gasteiger partial charge on any atom is 0.117 e. The van der Waals surface area contributed by atoms with Gasteiger partial charge >= 0.3 is 0 Å². The van der Waals surface area contributed by atoms with Crippen LogP contribution >= 0.6 is 0 Å². The van der Waals surface area contributed by atoms with E-state index in [2.05, 4.69) is 40.7 Å². The Morgan fingerprint density at radius 3 is 2.70 bits per heavy atom. The molecule has 0 fully saturated rings. The average molecular weight is 266 g/mol. The van der Waals surface area contributed by atoms with Crippen LogP contribution in [-0.2, 0) is 19.9 Å². The van der Waals surface area contributed by atoms with Crippen molar-refractivity contribution in [2.45, 2.75) is 19.8 Å². The standard InChI is InChI=1S/C17H18N2O/c1-12-5-3-4-6-13(12)7-10-17-18-15-9-8-14(20)11-16(15)19(17)2/h3-6,8-9,11,20H,7,10H2,1-2H3. The van der Waals surface area contributed by atoms with Crippen LogP contribution in [0.4, 0.5) is 0 Å². The van der Waals surface area contributed by atoms with Crippen molar-refractivity contribution in [1.82, 2.24) is 9.55 Å². The Morgan fingerprint density at radius 2 is 1.90 bits per heavy atom. The second kappa shape index (κ2) is 5.00. The van der Waals surface area contributed by atoms with Crippen molar-refractivity contribution in [3.05, 3.63) is 59.4 Å². The lowest BCUT2D eigenvalue weighted by atomic mass is 10.0. The molecule has 2 aromatic carbocycles. The molecule has 0 radical (unpaired) electrons. The summed E-state index contributed by atoms with van der Waals surface area (Å²) in [5.41, 5.74) is 4.60. The van der Waals surface area contributed by atoms with Crippen molar-refractivity contribution < 1.29 is 5.11 Å². The fourth-order valence-electron chi connectivity index (χ4n) is 2.59. The van der Waals surface area contributed by atoms with Crippen molar-refractivity contribution >= 4 is 11.0 Å². The van der Waals surface area contributed by atoms with Crippen LogP contribution in [0.25, 0.3) is 11.0 Å². The van der Waals surface area contributed by atoms with Gasteiger partial charge in [-0.3, -0.25) is 0 Å². The first kappa shape index (κ1) is 12.7. The van der Waals surface area contributed by atoms with Crippen molar-refractivity contribution in [1.29, 1.82) is 0 Å². The summed E-state index contributed by atoms with van der Waals surface area (Å²) in [6.45, 7) is 2.14. The van der Waals surface area contributed by atoms with Gasteiger partial charge in [-0.1, -0.05) is 24.3 Å². The topological polar surface area (TPSA) is 38.1 Å². The second-order valence-electron chi connectivity index (χ2n) is 5.19. The molecule has 3 rings (SSSR count). The maximum atomic E-state index is 9.57. The Hall–Kier alpha value is -2.29. The summed E-state index contributed by atoms with van der Waals surface area (Å²) in [6.07, 6.45) is 1.88. The highest BCUT2D eigenvalue weighted by molar-refractivity contribution is 5.77. The number of phenols is 1. The van der Waals surface area contributed by atoms with Gasteiger partial charge in [-0.25, -0.2) is 4.98 Å². The number of nitrogens with zero attached hydrogens (tertiary/aromatic N) is 2. The molecule has 0 spiro atoms. The van der Waals surface area contributed by atoms with Crippen molar-refractivity contribution in [2.24, 2.45) is 7.05 Å². The van der Waals surface area contributed by atoms with Gasteiger partial charge in [0.1, 0.15) is 11.6 Å². The van der Waals surface area contributed by atoms with E-state index in [1.54, 1.807) is 12.1 Å². The summed E-state index contributed by atoms with van der Waals surface area (Å²) in [6, 6.07) is 13.8. The minimum Gasteiger partial charge on any atom is -0.508 e. The molecule has 0 saturated heterocycles. The Morgan fingerprint density at radius 1 is 1.10 bits per heavy atom. The Labute approximate surface area is 118 Å². The van der Waals surface area contributed by atoms with Gasteiger partial charge in [-0.2, -0.15) is 0 Å². The Kier molecular flexibility index (Phi) is 3.18. The number of hydrogen-bond donors (Lipinski definition) is 1. The van der Waals surface area contributed by atoms with Crippen LogP contribution in [0.5, 0.6) is 5.75 Å². The molecule has 102 valence electrons. The first-order valence-corrected chi connectivity index (χ1v) is 6.84. The van der Waals surface area contributed by atoms with Crippen LogP contribution in [0.2, 0.25) is 0 Å². The first-order valence-electron chi connectivity index (χ1n) is 6.84. The fourth-order valence-corrected chi connectivity index (χ4v) is 2.59. The van der Waals surface area contributed by atoms with E-state index in [9.17, 15) is 5.11 Å². The van der Waals surface area contributed by atoms with Gasteiger partial charge in [0.25, 0.3) is 0 Å². The molecule has 1 N–H and O–H groups in total. The number of phenolic OH excluding ortho intramolecular Hbond substituents is 1. The van der Waals surface area contributed by atoms with Gasteiger partial charge < -0.3 is 9.67 Å². The summed E-state index contributed by atoms with van der Waals surface area (Å²) in [7, 11) is 2.00. The van der Waals surface area contributed by atoms with E-state index >= 15 is 0 Å². The number of rotatable bonds is 3. The van der Waals surface area contributed by atoms with Gasteiger partial charge in [0.2, 0.25) is 0 Å². The van der Waals surface area contributed by atoms with Crippen LogP contribution in [0.3, 0.4) is 0 Å². The number of hydrogen-bond acceptors (Lipinski definition) is 2. The normalized spacial score (nSPS) is 11.1. The zero-order chi connectivity index (χ0) is 14.1. The summed E-state index contributed by atoms with van der Waals surface area (Å²) in [5, 5.41) is 9.57. The summed E-state index contributed by atoms with van der Waals surface area (Å²) < 4.78 is 2.06. The number of aromatic nitrogens is 2. The Balaban J connectivity index is 1.88. The molecule has 20 heavy (non-hydrogen) atoms. The molecule has 1 aromatic heterocycles. The van der Waals surface area contributed by atoms with Gasteiger partial charge in [0, 0.05) is 19.5 Å². The average Bonchev–Trinajstić information content (AvgIpc) is 2.75. The monoisotopic (exact) mass is 266 g/mol. The predicted molar refractivity (Wildman–Crippen MR) is 81.0 cm³/mol. The van der Waals surface area contributed by atoms with Gasteiger partial charge in [0.05, 0.1) is 11.0 Å². The Bertz CT molecular complexity index is 759. The van der Waals surface area contributed by atoms with E-state index in [4.69, 9.17) is 0 Å². The highest BCUT2D eigenvalue weighted by Gasteiger charge is 2.09. The molecule has 0 aliphatic heterocycles. The lowest BCUT2D eigenvalue weighted by Gasteiger charge is -2.05. The van der Waals surface area contributed by atoms with E-state index in [1.165, 1.54) is 11.1 Å². The van der Waals surface area contributed by atoms with E-state index in [0.29, 0.717) is 0 Å². The lowest BCUT2D eigenvalue weighted by Crippen LogP contribution is -2.01. The molecule has 1 heterocycles.